The molecule has 0 aliphatic carbocycles. The van der Waals surface area contributed by atoms with Crippen molar-refractivity contribution in [2.45, 2.75) is 6.92 Å². The van der Waals surface area contributed by atoms with Crippen LogP contribution in [0.1, 0.15) is 31.8 Å². The van der Waals surface area contributed by atoms with Crippen molar-refractivity contribution in [3.05, 3.63) is 98.8 Å². The van der Waals surface area contributed by atoms with Crippen molar-refractivity contribution in [3.63, 3.8) is 0 Å². The number of nitro benzene ring substituents is 1. The topological polar surface area (TPSA) is 105 Å². The molecule has 3 aromatic carbocycles. The summed E-state index contributed by atoms with van der Waals surface area (Å²) in [5, 5.41) is 10.8. The van der Waals surface area contributed by atoms with E-state index in [0.717, 1.165) is 0 Å². The predicted molar refractivity (Wildman–Crippen MR) is 115 cm³/mol. The molecule has 0 spiro atoms. The number of hydrogen-bond acceptors (Lipinski definition) is 7. The summed E-state index contributed by atoms with van der Waals surface area (Å²) in [4.78, 5) is 35.6. The van der Waals surface area contributed by atoms with Crippen molar-refractivity contribution in [3.8, 4) is 17.2 Å². The van der Waals surface area contributed by atoms with E-state index in [0.29, 0.717) is 28.0 Å². The van der Waals surface area contributed by atoms with Crippen LogP contribution in [0, 0.1) is 17.0 Å². The molecule has 0 bridgehead atoms. The highest BCUT2D eigenvalue weighted by atomic mass is 16.6. The van der Waals surface area contributed by atoms with Gasteiger partial charge in [0.1, 0.15) is 17.2 Å². The van der Waals surface area contributed by atoms with Crippen LogP contribution >= 0.6 is 0 Å². The monoisotopic (exact) mass is 431 g/mol. The molecule has 32 heavy (non-hydrogen) atoms. The number of Topliss-reactive ketones (excluding diaryl/α,β-unsaturated/α-hetero) is 1. The van der Waals surface area contributed by atoms with Gasteiger partial charge in [0.05, 0.1) is 23.2 Å². The van der Waals surface area contributed by atoms with E-state index < -0.39 is 10.9 Å². The van der Waals surface area contributed by atoms with Crippen LogP contribution in [0.4, 0.5) is 5.69 Å². The van der Waals surface area contributed by atoms with Gasteiger partial charge in [0.15, 0.2) is 5.76 Å². The molecule has 0 unspecified atom stereocenters. The number of ether oxygens (including phenoxy) is 3. The number of methoxy groups -OCH3 is 1. The number of allylic oxidation sites excluding steroid dienone is 1. The van der Waals surface area contributed by atoms with Gasteiger partial charge in [-0.3, -0.25) is 14.9 Å². The molecule has 0 aromatic heterocycles. The Kier molecular flexibility index (Phi) is 5.43. The molecule has 0 saturated carbocycles. The zero-order valence-electron chi connectivity index (χ0n) is 17.2. The van der Waals surface area contributed by atoms with E-state index in [-0.39, 0.29) is 28.7 Å². The molecular weight excluding hydrogens is 414 g/mol. The van der Waals surface area contributed by atoms with Crippen LogP contribution in [0.15, 0.2) is 66.4 Å². The maximum atomic E-state index is 12.8. The van der Waals surface area contributed by atoms with Crippen molar-refractivity contribution in [1.82, 2.24) is 0 Å². The second-order valence-corrected chi connectivity index (χ2v) is 7.02. The summed E-state index contributed by atoms with van der Waals surface area (Å²) in [6, 6.07) is 15.4. The largest absolute Gasteiger partial charge is 0.497 e. The first-order valence-electron chi connectivity index (χ1n) is 9.55. The zero-order valence-corrected chi connectivity index (χ0v) is 17.2. The number of carbonyl (C=O) groups is 2. The second-order valence-electron chi connectivity index (χ2n) is 7.02. The Labute approximate surface area is 182 Å². The number of rotatable bonds is 5. The van der Waals surface area contributed by atoms with E-state index in [4.69, 9.17) is 14.2 Å². The first-order chi connectivity index (χ1) is 15.4. The van der Waals surface area contributed by atoms with Gasteiger partial charge in [-0.2, -0.15) is 0 Å². The van der Waals surface area contributed by atoms with Gasteiger partial charge in [-0.1, -0.05) is 6.07 Å². The minimum absolute atomic E-state index is 0.0487. The quantitative estimate of drug-likeness (QED) is 0.189. The maximum Gasteiger partial charge on any atom is 0.343 e. The zero-order chi connectivity index (χ0) is 22.8. The average Bonchev–Trinajstić information content (AvgIpc) is 3.09. The van der Waals surface area contributed by atoms with Gasteiger partial charge in [0.25, 0.3) is 5.69 Å². The summed E-state index contributed by atoms with van der Waals surface area (Å²) >= 11 is 0. The van der Waals surface area contributed by atoms with E-state index in [1.807, 2.05) is 0 Å². The number of hydrogen-bond donors (Lipinski definition) is 0. The molecule has 3 aromatic rings. The summed E-state index contributed by atoms with van der Waals surface area (Å²) in [5.74, 6) is 0.221. The smallest absolute Gasteiger partial charge is 0.343 e. The summed E-state index contributed by atoms with van der Waals surface area (Å²) in [6.45, 7) is 1.72. The number of aryl methyl sites for hydroxylation is 1. The molecular formula is C24H17NO7. The van der Waals surface area contributed by atoms with Crippen molar-refractivity contribution in [2.75, 3.05) is 7.11 Å². The van der Waals surface area contributed by atoms with E-state index in [9.17, 15) is 19.7 Å². The van der Waals surface area contributed by atoms with Crippen LogP contribution in [-0.4, -0.2) is 23.8 Å². The van der Waals surface area contributed by atoms with Gasteiger partial charge >= 0.3 is 5.97 Å². The molecule has 160 valence electrons. The maximum absolute atomic E-state index is 12.8. The number of ketones is 1. The lowest BCUT2D eigenvalue weighted by Gasteiger charge is -2.08. The number of carbonyl (C=O) groups excluding carboxylic acids is 2. The fourth-order valence-electron chi connectivity index (χ4n) is 3.30. The summed E-state index contributed by atoms with van der Waals surface area (Å²) in [5.41, 5.74) is 1.81. The van der Waals surface area contributed by atoms with Crippen molar-refractivity contribution in [1.29, 1.82) is 0 Å². The van der Waals surface area contributed by atoms with Crippen molar-refractivity contribution < 1.29 is 28.7 Å². The fourth-order valence-corrected chi connectivity index (χ4v) is 3.30. The third kappa shape index (κ3) is 4.06. The lowest BCUT2D eigenvalue weighted by Crippen LogP contribution is -2.09. The van der Waals surface area contributed by atoms with Gasteiger partial charge < -0.3 is 14.2 Å². The lowest BCUT2D eigenvalue weighted by molar-refractivity contribution is -0.384. The molecule has 1 heterocycles. The minimum atomic E-state index is -0.575. The molecule has 0 atom stereocenters. The highest BCUT2D eigenvalue weighted by Crippen LogP contribution is 2.37. The fraction of sp³-hybridized carbons (Fsp3) is 0.0833. The van der Waals surface area contributed by atoms with E-state index in [2.05, 4.69) is 0 Å². The Morgan fingerprint density at radius 3 is 2.50 bits per heavy atom. The highest BCUT2D eigenvalue weighted by molar-refractivity contribution is 6.15. The second kappa shape index (κ2) is 8.35. The standard InChI is InChI=1S/C24H17NO7/c1-14-10-19(31-24(27)16-4-3-5-18(12-16)30-2)13-20-22(14)23(26)21(32-20)11-15-6-8-17(9-7-15)25(28)29/h3-13H,1-2H3/b21-11-. The van der Waals surface area contributed by atoms with Crippen LogP contribution in [0.2, 0.25) is 0 Å². The van der Waals surface area contributed by atoms with Crippen LogP contribution in [0.3, 0.4) is 0 Å². The van der Waals surface area contributed by atoms with Gasteiger partial charge in [-0.15, -0.1) is 0 Å². The molecule has 0 saturated heterocycles. The molecule has 8 nitrogen and oxygen atoms in total. The molecule has 1 aliphatic heterocycles. The number of nitrogens with zero attached hydrogens (tertiary/aromatic N) is 1. The van der Waals surface area contributed by atoms with Crippen molar-refractivity contribution in [2.24, 2.45) is 0 Å². The first-order valence-corrected chi connectivity index (χ1v) is 9.55. The predicted octanol–water partition coefficient (Wildman–Crippen LogP) is 4.75. The van der Waals surface area contributed by atoms with Gasteiger partial charge in [-0.05, 0) is 60.5 Å². The number of non-ortho nitro benzene ring substituents is 1. The van der Waals surface area contributed by atoms with Crippen molar-refractivity contribution >= 4 is 23.5 Å². The normalized spacial score (nSPS) is 13.4. The average molecular weight is 431 g/mol. The number of esters is 1. The Morgan fingerprint density at radius 1 is 1.06 bits per heavy atom. The van der Waals surface area contributed by atoms with E-state index in [1.165, 1.54) is 43.5 Å². The molecule has 0 radical (unpaired) electrons. The Hall–Kier alpha value is -4.46. The van der Waals surface area contributed by atoms with Crippen LogP contribution in [0.5, 0.6) is 17.2 Å². The number of benzene rings is 3. The molecule has 0 fully saturated rings. The Morgan fingerprint density at radius 2 is 1.81 bits per heavy atom. The van der Waals surface area contributed by atoms with Gasteiger partial charge in [0.2, 0.25) is 5.78 Å². The van der Waals surface area contributed by atoms with Gasteiger partial charge in [-0.25, -0.2) is 4.79 Å². The van der Waals surface area contributed by atoms with Crippen LogP contribution < -0.4 is 14.2 Å². The van der Waals surface area contributed by atoms with Crippen LogP contribution in [-0.2, 0) is 0 Å². The molecule has 0 N–H and O–H groups in total. The Balaban J connectivity index is 1.57. The van der Waals surface area contributed by atoms with Crippen LogP contribution in [0.25, 0.3) is 6.08 Å². The SMILES string of the molecule is COc1cccc(C(=O)Oc2cc(C)c3c(c2)O/C(=C\c2ccc([N+](=O)[O-])cc2)C3=O)c1. The van der Waals surface area contributed by atoms with Gasteiger partial charge in [0, 0.05) is 18.2 Å². The summed E-state index contributed by atoms with van der Waals surface area (Å²) < 4.78 is 16.3. The molecule has 4 rings (SSSR count). The first kappa shape index (κ1) is 20.8. The van der Waals surface area contributed by atoms with E-state index in [1.54, 1.807) is 37.3 Å². The third-order valence-corrected chi connectivity index (χ3v) is 4.86. The third-order valence-electron chi connectivity index (χ3n) is 4.86. The molecule has 0 amide bonds. The summed E-state index contributed by atoms with van der Waals surface area (Å²) in [7, 11) is 1.50. The summed E-state index contributed by atoms with van der Waals surface area (Å²) in [6.07, 6.45) is 1.51. The molecule has 1 aliphatic rings. The number of fused-ring (bicyclic) bond motifs is 1. The Bertz CT molecular complexity index is 1280. The molecule has 8 heteroatoms. The lowest BCUT2D eigenvalue weighted by atomic mass is 10.0. The minimum Gasteiger partial charge on any atom is -0.497 e. The number of nitro groups is 1. The van der Waals surface area contributed by atoms with E-state index >= 15 is 0 Å². The highest BCUT2D eigenvalue weighted by Gasteiger charge is 2.30.